The summed E-state index contributed by atoms with van der Waals surface area (Å²) in [4.78, 5) is 45.3. The van der Waals surface area contributed by atoms with Gasteiger partial charge in [-0.05, 0) is 81.0 Å². The van der Waals surface area contributed by atoms with Crippen LogP contribution in [0.2, 0.25) is 0 Å². The van der Waals surface area contributed by atoms with E-state index in [0.29, 0.717) is 36.7 Å². The fourth-order valence-corrected chi connectivity index (χ4v) is 7.49. The van der Waals surface area contributed by atoms with Gasteiger partial charge in [0.25, 0.3) is 0 Å². The van der Waals surface area contributed by atoms with Gasteiger partial charge >= 0.3 is 5.97 Å². The molecule has 236 valence electrons. The summed E-state index contributed by atoms with van der Waals surface area (Å²) in [6.45, 7) is 2.03. The standard InChI is InChI=1S/C33H47FN4O5/c1-20(42-2)19-43-33(41)29-17-24-16-25(12-13-28(24)37-29)36-31(39)30-26(21-6-4-3-5-7-21)14-15-38(30)32(40)23-10-8-22(9-11-23)27(35)18-34/h12-13,16-17,20-23,26-27,30,37H,3-11,14-15,18-19,35H2,1-2H3,(H,36,39)/t20-,22?,23?,26+,27-,30+/m1/s1. The molecule has 0 spiro atoms. The van der Waals surface area contributed by atoms with Crippen LogP contribution in [-0.4, -0.2) is 72.8 Å². The fraction of sp³-hybridized carbons (Fsp3) is 0.667. The summed E-state index contributed by atoms with van der Waals surface area (Å²) in [5.41, 5.74) is 7.66. The first-order valence-corrected chi connectivity index (χ1v) is 16.0. The number of carbonyl (C=O) groups is 3. The molecular formula is C33H47FN4O5. The summed E-state index contributed by atoms with van der Waals surface area (Å²) in [5.74, 6) is -0.0437. The minimum absolute atomic E-state index is 0.0535. The maximum atomic E-state index is 14.0. The van der Waals surface area contributed by atoms with Crippen LogP contribution >= 0.6 is 0 Å². The Labute approximate surface area is 253 Å². The number of halogens is 1. The Bertz CT molecular complexity index is 1270. The van der Waals surface area contributed by atoms with E-state index in [-0.39, 0.29) is 42.3 Å². The molecule has 1 aliphatic heterocycles. The van der Waals surface area contributed by atoms with E-state index in [1.165, 1.54) is 19.3 Å². The number of benzene rings is 1. The SMILES string of the molecule is CO[C@H](C)COC(=O)c1cc2cc(NC(=O)[C@@H]3[C@H](C4CCCCC4)CCN3C(=O)C3CCC([C@H](N)CF)CC3)ccc2[nH]1. The van der Waals surface area contributed by atoms with E-state index in [1.54, 1.807) is 13.2 Å². The molecule has 0 unspecified atom stereocenters. The van der Waals surface area contributed by atoms with E-state index < -0.39 is 24.7 Å². The van der Waals surface area contributed by atoms with Crippen molar-refractivity contribution in [1.29, 1.82) is 0 Å². The first kappa shape index (κ1) is 31.4. The molecule has 43 heavy (non-hydrogen) atoms. The summed E-state index contributed by atoms with van der Waals surface area (Å²) in [6.07, 6.45) is 9.26. The number of alkyl halides is 1. The normalized spacial score (nSPS) is 26.3. The second-order valence-electron chi connectivity index (χ2n) is 12.9. The van der Waals surface area contributed by atoms with Gasteiger partial charge in [0.05, 0.1) is 6.10 Å². The number of aromatic amines is 1. The summed E-state index contributed by atoms with van der Waals surface area (Å²) in [7, 11) is 1.56. The first-order chi connectivity index (χ1) is 20.8. The highest BCUT2D eigenvalue weighted by atomic mass is 19.1. The molecule has 1 aromatic heterocycles. The van der Waals surface area contributed by atoms with E-state index in [2.05, 4.69) is 10.3 Å². The van der Waals surface area contributed by atoms with Gasteiger partial charge in [-0.1, -0.05) is 32.1 Å². The molecule has 2 amide bonds. The Hall–Kier alpha value is -2.98. The van der Waals surface area contributed by atoms with Crippen LogP contribution in [0.15, 0.2) is 24.3 Å². The Morgan fingerprint density at radius 1 is 1.07 bits per heavy atom. The molecule has 2 aliphatic carbocycles. The van der Waals surface area contributed by atoms with Crippen molar-refractivity contribution < 1.29 is 28.2 Å². The second kappa shape index (κ2) is 14.2. The van der Waals surface area contributed by atoms with Gasteiger partial charge in [-0.3, -0.25) is 9.59 Å². The van der Waals surface area contributed by atoms with Gasteiger partial charge in [0.1, 0.15) is 25.0 Å². The number of fused-ring (bicyclic) bond motifs is 1. The molecule has 4 N–H and O–H groups in total. The third kappa shape index (κ3) is 7.23. The number of nitrogens with one attached hydrogen (secondary N) is 2. The molecule has 3 aliphatic rings. The van der Waals surface area contributed by atoms with E-state index in [0.717, 1.165) is 43.0 Å². The van der Waals surface area contributed by atoms with Crippen molar-refractivity contribution >= 4 is 34.4 Å². The van der Waals surface area contributed by atoms with Crippen molar-refractivity contribution in [3.8, 4) is 0 Å². The van der Waals surface area contributed by atoms with Crippen LogP contribution in [0.1, 0.15) is 81.6 Å². The lowest BCUT2D eigenvalue weighted by molar-refractivity contribution is -0.142. The van der Waals surface area contributed by atoms with Crippen molar-refractivity contribution in [1.82, 2.24) is 9.88 Å². The third-order valence-corrected chi connectivity index (χ3v) is 10.1. The maximum Gasteiger partial charge on any atom is 0.354 e. The number of hydrogen-bond donors (Lipinski definition) is 3. The number of esters is 1. The average Bonchev–Trinajstić information content (AvgIpc) is 3.68. The fourth-order valence-electron chi connectivity index (χ4n) is 7.49. The number of amides is 2. The molecule has 0 bridgehead atoms. The molecule has 2 heterocycles. The monoisotopic (exact) mass is 598 g/mol. The molecule has 2 aromatic rings. The predicted octanol–water partition coefficient (Wildman–Crippen LogP) is 5.20. The molecule has 1 saturated heterocycles. The summed E-state index contributed by atoms with van der Waals surface area (Å²) >= 11 is 0. The largest absolute Gasteiger partial charge is 0.458 e. The lowest BCUT2D eigenvalue weighted by Crippen LogP contribution is -2.50. The van der Waals surface area contributed by atoms with Gasteiger partial charge in [-0.25, -0.2) is 9.18 Å². The minimum atomic E-state index is -0.533. The number of nitrogens with two attached hydrogens (primary N) is 1. The maximum absolute atomic E-state index is 14.0. The van der Waals surface area contributed by atoms with Gasteiger partial charge in [0.2, 0.25) is 11.8 Å². The number of ether oxygens (including phenoxy) is 2. The van der Waals surface area contributed by atoms with Crippen LogP contribution < -0.4 is 11.1 Å². The smallest absolute Gasteiger partial charge is 0.354 e. The lowest BCUT2D eigenvalue weighted by atomic mass is 9.76. The van der Waals surface area contributed by atoms with Gasteiger partial charge in [0, 0.05) is 42.2 Å². The molecular weight excluding hydrogens is 551 g/mol. The van der Waals surface area contributed by atoms with Gasteiger partial charge < -0.3 is 30.4 Å². The molecule has 0 radical (unpaired) electrons. The highest BCUT2D eigenvalue weighted by Crippen LogP contribution is 2.41. The third-order valence-electron chi connectivity index (χ3n) is 10.1. The van der Waals surface area contributed by atoms with Crippen molar-refractivity contribution in [2.75, 3.05) is 32.3 Å². The number of likely N-dealkylation sites (tertiary alicyclic amines) is 1. The highest BCUT2D eigenvalue weighted by Gasteiger charge is 2.47. The van der Waals surface area contributed by atoms with Crippen LogP contribution in [-0.2, 0) is 19.1 Å². The molecule has 2 saturated carbocycles. The summed E-state index contributed by atoms with van der Waals surface area (Å²) in [6, 6.07) is 6.21. The average molecular weight is 599 g/mol. The van der Waals surface area contributed by atoms with Gasteiger partial charge in [-0.15, -0.1) is 0 Å². The zero-order chi connectivity index (χ0) is 30.5. The van der Waals surface area contributed by atoms with E-state index in [4.69, 9.17) is 15.2 Å². The van der Waals surface area contributed by atoms with E-state index in [9.17, 15) is 18.8 Å². The zero-order valence-electron chi connectivity index (χ0n) is 25.5. The molecule has 4 atom stereocenters. The molecule has 5 rings (SSSR count). The van der Waals surface area contributed by atoms with Crippen LogP contribution in [0.3, 0.4) is 0 Å². The van der Waals surface area contributed by atoms with E-state index >= 15 is 0 Å². The molecule has 10 heteroatoms. The lowest BCUT2D eigenvalue weighted by Gasteiger charge is -2.36. The Morgan fingerprint density at radius 3 is 2.51 bits per heavy atom. The van der Waals surface area contributed by atoms with Crippen LogP contribution in [0.25, 0.3) is 10.9 Å². The van der Waals surface area contributed by atoms with Crippen LogP contribution in [0, 0.1) is 23.7 Å². The minimum Gasteiger partial charge on any atom is -0.458 e. The number of nitrogens with zero attached hydrogens (tertiary/aromatic N) is 1. The first-order valence-electron chi connectivity index (χ1n) is 16.0. The van der Waals surface area contributed by atoms with Crippen LogP contribution in [0.5, 0.6) is 0 Å². The van der Waals surface area contributed by atoms with Crippen LogP contribution in [0.4, 0.5) is 10.1 Å². The highest BCUT2D eigenvalue weighted by molar-refractivity contribution is 6.01. The Kier molecular flexibility index (Phi) is 10.4. The number of H-pyrrole nitrogens is 1. The number of aromatic nitrogens is 1. The predicted molar refractivity (Wildman–Crippen MR) is 163 cm³/mol. The Balaban J connectivity index is 1.30. The molecule has 3 fully saturated rings. The number of methoxy groups -OCH3 is 1. The molecule has 1 aromatic carbocycles. The summed E-state index contributed by atoms with van der Waals surface area (Å²) in [5, 5.41) is 3.89. The molecule has 9 nitrogen and oxygen atoms in total. The van der Waals surface area contributed by atoms with E-state index in [1.807, 2.05) is 30.0 Å². The van der Waals surface area contributed by atoms with Gasteiger partial charge in [-0.2, -0.15) is 0 Å². The topological polar surface area (TPSA) is 127 Å². The van der Waals surface area contributed by atoms with Crippen molar-refractivity contribution in [3.63, 3.8) is 0 Å². The number of rotatable bonds is 10. The Morgan fingerprint density at radius 2 is 1.81 bits per heavy atom. The van der Waals surface area contributed by atoms with Crippen molar-refractivity contribution in [2.24, 2.45) is 29.4 Å². The summed E-state index contributed by atoms with van der Waals surface area (Å²) < 4.78 is 23.6. The number of hydrogen-bond acceptors (Lipinski definition) is 6. The number of anilines is 1. The second-order valence-corrected chi connectivity index (χ2v) is 12.9. The van der Waals surface area contributed by atoms with Crippen molar-refractivity contribution in [3.05, 3.63) is 30.0 Å². The van der Waals surface area contributed by atoms with Gasteiger partial charge in [0.15, 0.2) is 0 Å². The van der Waals surface area contributed by atoms with Crippen molar-refractivity contribution in [2.45, 2.75) is 89.3 Å². The zero-order valence-corrected chi connectivity index (χ0v) is 25.5. The number of carbonyl (C=O) groups excluding carboxylic acids is 3. The quantitative estimate of drug-likeness (QED) is 0.323.